The average molecular weight is 721 g/mol. The molecule has 0 fully saturated rings. The molecule has 6 nitrogen and oxygen atoms in total. The molecule has 6 heteroatoms. The lowest BCUT2D eigenvalue weighted by Crippen LogP contribution is -2.46. The van der Waals surface area contributed by atoms with E-state index in [2.05, 4.69) is 184 Å². The van der Waals surface area contributed by atoms with Crippen LogP contribution in [0.25, 0.3) is 60.7 Å². The van der Waals surface area contributed by atoms with Crippen molar-refractivity contribution in [3.05, 3.63) is 211 Å². The van der Waals surface area contributed by atoms with Crippen molar-refractivity contribution in [1.82, 2.24) is 19.0 Å². The van der Waals surface area contributed by atoms with Crippen LogP contribution >= 0.6 is 0 Å². The normalized spacial score (nSPS) is 15.7. The molecule has 0 amide bonds. The van der Waals surface area contributed by atoms with E-state index in [1.807, 2.05) is 36.4 Å². The second-order valence-electron chi connectivity index (χ2n) is 14.6. The highest BCUT2D eigenvalue weighted by molar-refractivity contribution is 6.14. The van der Waals surface area contributed by atoms with E-state index in [9.17, 15) is 0 Å². The second-order valence-corrected chi connectivity index (χ2v) is 14.6. The molecule has 0 saturated carbocycles. The van der Waals surface area contributed by atoms with Gasteiger partial charge in [-0.3, -0.25) is 0 Å². The van der Waals surface area contributed by atoms with Crippen molar-refractivity contribution in [1.29, 1.82) is 0 Å². The van der Waals surface area contributed by atoms with Gasteiger partial charge in [0, 0.05) is 62.1 Å². The Labute approximate surface area is 323 Å². The smallest absolute Gasteiger partial charge is 0.159 e. The third kappa shape index (κ3) is 5.11. The molecule has 266 valence electrons. The number of rotatable bonds is 6. The zero-order valence-electron chi connectivity index (χ0n) is 30.7. The summed E-state index contributed by atoms with van der Waals surface area (Å²) in [6.07, 6.45) is 4.19. The average Bonchev–Trinajstić information content (AvgIpc) is 4.00. The van der Waals surface area contributed by atoms with Crippen LogP contribution in [0, 0.1) is 0 Å². The van der Waals surface area contributed by atoms with Crippen molar-refractivity contribution in [2.45, 2.75) is 12.6 Å². The Morgan fingerprint density at radius 3 is 1.59 bits per heavy atom. The predicted molar refractivity (Wildman–Crippen MR) is 231 cm³/mol. The number of nitrogens with zero attached hydrogens (tertiary/aromatic N) is 5. The summed E-state index contributed by atoms with van der Waals surface area (Å²) in [6, 6.07) is 64.5. The molecule has 11 rings (SSSR count). The van der Waals surface area contributed by atoms with Gasteiger partial charge < -0.3 is 19.0 Å². The molecule has 1 unspecified atom stereocenters. The Morgan fingerprint density at radius 1 is 0.446 bits per heavy atom. The van der Waals surface area contributed by atoms with Crippen LogP contribution < -0.4 is 5.32 Å². The molecule has 0 spiro atoms. The molecule has 1 atom stereocenters. The van der Waals surface area contributed by atoms with Gasteiger partial charge in [0.25, 0.3) is 0 Å². The van der Waals surface area contributed by atoms with E-state index in [-0.39, 0.29) is 0 Å². The van der Waals surface area contributed by atoms with Gasteiger partial charge in [-0.2, -0.15) is 0 Å². The summed E-state index contributed by atoms with van der Waals surface area (Å²) < 4.78 is 6.94. The number of para-hydroxylation sites is 2. The minimum Gasteiger partial charge on any atom is -0.342 e. The highest BCUT2D eigenvalue weighted by Gasteiger charge is 2.32. The van der Waals surface area contributed by atoms with Crippen molar-refractivity contribution < 1.29 is 0 Å². The van der Waals surface area contributed by atoms with E-state index >= 15 is 0 Å². The Balaban J connectivity index is 1.02. The molecular weight excluding hydrogens is 685 g/mol. The van der Waals surface area contributed by atoms with Crippen LogP contribution in [-0.4, -0.2) is 25.4 Å². The first-order valence-electron chi connectivity index (χ1n) is 19.0. The van der Waals surface area contributed by atoms with Crippen LogP contribution in [0.4, 0.5) is 0 Å². The molecule has 0 saturated heterocycles. The number of nitrogens with one attached hydrogen (secondary N) is 1. The SMILES string of the molecule is CC1(c2ccc(-n3c4ccccc4c4cc(-n5c6ccccc6c6cc(-n7cccc7)ccc65)ccc43)cc2)N=C(c2ccccc2)N=C(c2ccccc2)N1. The number of aliphatic imine (C=N–C) groups is 2. The molecule has 7 aromatic carbocycles. The maximum absolute atomic E-state index is 5.22. The molecule has 4 heterocycles. The molecule has 1 N–H and O–H groups in total. The van der Waals surface area contributed by atoms with Gasteiger partial charge in [-0.25, -0.2) is 9.98 Å². The van der Waals surface area contributed by atoms with E-state index in [1.165, 1.54) is 32.6 Å². The van der Waals surface area contributed by atoms with Crippen molar-refractivity contribution in [2.24, 2.45) is 9.98 Å². The van der Waals surface area contributed by atoms with Gasteiger partial charge in [-0.15, -0.1) is 0 Å². The standard InChI is InChI=1S/C50H36N6/c1-50(52-48(34-14-4-2-5-15-34)51-49(53-50)35-16-6-3-7-17-35)36-22-24-37(25-23-36)55-44-20-10-8-19-41(44)43-33-39(27-29-46(43)55)56-45-21-11-9-18-40(45)42-32-38(26-28-47(42)56)54-30-12-13-31-54/h2-33H,1H3,(H,51,52,53). The number of amidine groups is 2. The van der Waals surface area contributed by atoms with Crippen molar-refractivity contribution in [3.8, 4) is 17.1 Å². The topological polar surface area (TPSA) is 51.5 Å². The lowest BCUT2D eigenvalue weighted by atomic mass is 9.99. The minimum absolute atomic E-state index is 0.706. The maximum Gasteiger partial charge on any atom is 0.159 e. The van der Waals surface area contributed by atoms with Gasteiger partial charge in [0.15, 0.2) is 11.5 Å². The fourth-order valence-electron chi connectivity index (χ4n) is 8.43. The molecule has 1 aliphatic rings. The largest absolute Gasteiger partial charge is 0.342 e. The fourth-order valence-corrected chi connectivity index (χ4v) is 8.43. The van der Waals surface area contributed by atoms with Gasteiger partial charge in [-0.1, -0.05) is 109 Å². The number of hydrogen-bond acceptors (Lipinski definition) is 3. The Morgan fingerprint density at radius 2 is 0.946 bits per heavy atom. The molecule has 10 aromatic rings. The highest BCUT2D eigenvalue weighted by Crippen LogP contribution is 2.38. The number of hydrogen-bond donors (Lipinski definition) is 1. The monoisotopic (exact) mass is 720 g/mol. The summed E-state index contributed by atoms with van der Waals surface area (Å²) in [4.78, 5) is 10.2. The van der Waals surface area contributed by atoms with Gasteiger partial charge in [-0.05, 0) is 85.3 Å². The molecule has 1 aliphatic heterocycles. The first-order valence-corrected chi connectivity index (χ1v) is 19.0. The summed E-state index contributed by atoms with van der Waals surface area (Å²) >= 11 is 0. The molecule has 0 bridgehead atoms. The number of benzene rings is 7. The highest BCUT2D eigenvalue weighted by atomic mass is 15.2. The molecule has 0 aliphatic carbocycles. The molecule has 56 heavy (non-hydrogen) atoms. The van der Waals surface area contributed by atoms with Crippen LogP contribution in [-0.2, 0) is 5.66 Å². The van der Waals surface area contributed by atoms with Crippen LogP contribution in [0.5, 0.6) is 0 Å². The summed E-state index contributed by atoms with van der Waals surface area (Å²) in [5.41, 5.74) is 10.4. The molecular formula is C50H36N6. The predicted octanol–water partition coefficient (Wildman–Crippen LogP) is 11.3. The Hall–Kier alpha value is -7.44. The minimum atomic E-state index is -0.739. The summed E-state index contributed by atoms with van der Waals surface area (Å²) in [5.74, 6) is 1.51. The molecule has 3 aromatic heterocycles. The van der Waals surface area contributed by atoms with E-state index in [1.54, 1.807) is 0 Å². The van der Waals surface area contributed by atoms with Crippen molar-refractivity contribution in [2.75, 3.05) is 0 Å². The second kappa shape index (κ2) is 12.6. The fraction of sp³-hybridized carbons (Fsp3) is 0.0400. The number of aromatic nitrogens is 3. The summed E-state index contributed by atoms with van der Waals surface area (Å²) in [6.45, 7) is 2.13. The third-order valence-corrected chi connectivity index (χ3v) is 11.1. The van der Waals surface area contributed by atoms with Gasteiger partial charge >= 0.3 is 0 Å². The van der Waals surface area contributed by atoms with E-state index in [0.717, 1.165) is 50.6 Å². The zero-order valence-corrected chi connectivity index (χ0v) is 30.7. The molecule has 0 radical (unpaired) electrons. The Kier molecular flexibility index (Phi) is 7.19. The maximum atomic E-state index is 5.22. The lowest BCUT2D eigenvalue weighted by molar-refractivity contribution is 0.455. The summed E-state index contributed by atoms with van der Waals surface area (Å²) in [5, 5.41) is 8.58. The van der Waals surface area contributed by atoms with E-state index in [4.69, 9.17) is 9.98 Å². The van der Waals surface area contributed by atoms with Gasteiger partial charge in [0.1, 0.15) is 5.84 Å². The van der Waals surface area contributed by atoms with Gasteiger partial charge in [0.2, 0.25) is 0 Å². The number of fused-ring (bicyclic) bond motifs is 6. The summed E-state index contributed by atoms with van der Waals surface area (Å²) in [7, 11) is 0. The lowest BCUT2D eigenvalue weighted by Gasteiger charge is -2.33. The van der Waals surface area contributed by atoms with Crippen LogP contribution in [0.2, 0.25) is 0 Å². The van der Waals surface area contributed by atoms with Gasteiger partial charge in [0.05, 0.1) is 22.1 Å². The Bertz CT molecular complexity index is 3150. The van der Waals surface area contributed by atoms with E-state index < -0.39 is 5.66 Å². The van der Waals surface area contributed by atoms with Crippen LogP contribution in [0.15, 0.2) is 204 Å². The van der Waals surface area contributed by atoms with Crippen molar-refractivity contribution >= 4 is 55.3 Å². The zero-order chi connectivity index (χ0) is 37.2. The van der Waals surface area contributed by atoms with Crippen LogP contribution in [0.1, 0.15) is 23.6 Å². The van der Waals surface area contributed by atoms with E-state index in [0.29, 0.717) is 5.84 Å². The first kappa shape index (κ1) is 32.0. The van der Waals surface area contributed by atoms with Crippen molar-refractivity contribution in [3.63, 3.8) is 0 Å². The first-order chi connectivity index (χ1) is 27.6. The third-order valence-electron chi connectivity index (χ3n) is 11.1. The quantitative estimate of drug-likeness (QED) is 0.183. The van der Waals surface area contributed by atoms with Crippen LogP contribution in [0.3, 0.4) is 0 Å².